The third-order valence-electron chi connectivity index (χ3n) is 2.64. The van der Waals surface area contributed by atoms with E-state index in [1.807, 2.05) is 6.07 Å². The first-order valence-electron chi connectivity index (χ1n) is 5.99. The van der Waals surface area contributed by atoms with Gasteiger partial charge in [-0.1, -0.05) is 46.2 Å². The lowest BCUT2D eigenvalue weighted by molar-refractivity contribution is -0.384. The summed E-state index contributed by atoms with van der Waals surface area (Å²) in [5, 5.41) is 15.4. The Balaban J connectivity index is 2.43. The number of nitrogens with zero attached hydrogens (tertiary/aromatic N) is 2. The highest BCUT2D eigenvalue weighted by molar-refractivity contribution is 7.99. The maximum atomic E-state index is 10.9. The van der Waals surface area contributed by atoms with E-state index in [0.717, 1.165) is 9.79 Å². The van der Waals surface area contributed by atoms with Crippen molar-refractivity contribution in [2.75, 3.05) is 7.11 Å². The number of hydrogen-bond donors (Lipinski definition) is 0. The van der Waals surface area contributed by atoms with Crippen LogP contribution >= 0.6 is 35.0 Å². The fourth-order valence-electron chi connectivity index (χ4n) is 1.63. The number of hydrogen-bond acceptors (Lipinski definition) is 5. The monoisotopic (exact) mass is 356 g/mol. The molecule has 22 heavy (non-hydrogen) atoms. The standard InChI is InChI=1S/C14H10Cl2N2O3S/c1-21-17-8-9-7-10(18(19)20)5-6-12(9)22-13-4-2-3-11(15)14(13)16/h2-8H,1H3/b17-8-. The summed E-state index contributed by atoms with van der Waals surface area (Å²) in [5.41, 5.74) is 0.524. The normalized spacial score (nSPS) is 10.9. The lowest BCUT2D eigenvalue weighted by Gasteiger charge is -2.08. The van der Waals surface area contributed by atoms with Crippen LogP contribution in [0.5, 0.6) is 0 Å². The molecule has 0 fully saturated rings. The zero-order valence-corrected chi connectivity index (χ0v) is 13.7. The van der Waals surface area contributed by atoms with Crippen molar-refractivity contribution < 1.29 is 9.76 Å². The van der Waals surface area contributed by atoms with Crippen molar-refractivity contribution in [1.82, 2.24) is 0 Å². The Morgan fingerprint density at radius 1 is 1.27 bits per heavy atom. The molecule has 2 aromatic rings. The molecule has 0 radical (unpaired) electrons. The molecule has 0 amide bonds. The lowest BCUT2D eigenvalue weighted by atomic mass is 10.2. The summed E-state index contributed by atoms with van der Waals surface area (Å²) >= 11 is 13.5. The molecule has 8 heteroatoms. The predicted molar refractivity (Wildman–Crippen MR) is 88.3 cm³/mol. The van der Waals surface area contributed by atoms with Crippen LogP contribution in [-0.2, 0) is 4.84 Å². The summed E-state index contributed by atoms with van der Waals surface area (Å²) in [4.78, 5) is 16.5. The van der Waals surface area contributed by atoms with E-state index < -0.39 is 4.92 Å². The van der Waals surface area contributed by atoms with E-state index in [0.29, 0.717) is 15.6 Å². The summed E-state index contributed by atoms with van der Waals surface area (Å²) in [7, 11) is 1.40. The van der Waals surface area contributed by atoms with Gasteiger partial charge in [0.1, 0.15) is 7.11 Å². The second kappa shape index (κ2) is 7.49. The number of nitro benzene ring substituents is 1. The van der Waals surface area contributed by atoms with Crippen LogP contribution in [0.25, 0.3) is 0 Å². The molecule has 0 heterocycles. The van der Waals surface area contributed by atoms with Gasteiger partial charge in [-0.05, 0) is 18.2 Å². The first kappa shape index (κ1) is 16.6. The van der Waals surface area contributed by atoms with Crippen molar-refractivity contribution >= 4 is 46.9 Å². The minimum atomic E-state index is -0.467. The van der Waals surface area contributed by atoms with Crippen LogP contribution in [0, 0.1) is 10.1 Å². The van der Waals surface area contributed by atoms with Gasteiger partial charge in [-0.25, -0.2) is 0 Å². The third-order valence-corrected chi connectivity index (χ3v) is 4.72. The second-order valence-electron chi connectivity index (χ2n) is 4.05. The van der Waals surface area contributed by atoms with E-state index in [4.69, 9.17) is 23.2 Å². The molecule has 0 aliphatic heterocycles. The van der Waals surface area contributed by atoms with Crippen molar-refractivity contribution in [3.8, 4) is 0 Å². The van der Waals surface area contributed by atoms with E-state index in [1.165, 1.54) is 37.2 Å². The average molecular weight is 357 g/mol. The van der Waals surface area contributed by atoms with Gasteiger partial charge in [0.25, 0.3) is 5.69 Å². The van der Waals surface area contributed by atoms with E-state index >= 15 is 0 Å². The van der Waals surface area contributed by atoms with Crippen LogP contribution < -0.4 is 0 Å². The molecule has 5 nitrogen and oxygen atoms in total. The quantitative estimate of drug-likeness (QED) is 0.428. The van der Waals surface area contributed by atoms with Crippen molar-refractivity contribution in [3.05, 3.63) is 62.1 Å². The maximum absolute atomic E-state index is 10.9. The minimum absolute atomic E-state index is 0.0286. The first-order chi connectivity index (χ1) is 10.5. The SMILES string of the molecule is CO/N=C\c1cc([N+](=O)[O-])ccc1Sc1cccc(Cl)c1Cl. The summed E-state index contributed by atoms with van der Waals surface area (Å²) in [6.45, 7) is 0. The van der Waals surface area contributed by atoms with E-state index in [2.05, 4.69) is 9.99 Å². The Kier molecular flexibility index (Phi) is 5.65. The molecule has 0 aliphatic rings. The molecule has 2 aromatic carbocycles. The molecule has 0 saturated carbocycles. The molecule has 0 bridgehead atoms. The van der Waals surface area contributed by atoms with Crippen LogP contribution in [0.4, 0.5) is 5.69 Å². The molecule has 114 valence electrons. The van der Waals surface area contributed by atoms with Crippen LogP contribution in [-0.4, -0.2) is 18.2 Å². The fraction of sp³-hybridized carbons (Fsp3) is 0.0714. The first-order valence-corrected chi connectivity index (χ1v) is 7.57. The smallest absolute Gasteiger partial charge is 0.270 e. The average Bonchev–Trinajstić information content (AvgIpc) is 2.50. The lowest BCUT2D eigenvalue weighted by Crippen LogP contribution is -1.93. The summed E-state index contributed by atoms with van der Waals surface area (Å²) in [6, 6.07) is 9.77. The highest BCUT2D eigenvalue weighted by atomic mass is 35.5. The molecule has 0 saturated heterocycles. The van der Waals surface area contributed by atoms with Gasteiger partial charge in [-0.15, -0.1) is 0 Å². The Bertz CT molecular complexity index is 738. The molecule has 0 N–H and O–H groups in total. The topological polar surface area (TPSA) is 64.7 Å². The maximum Gasteiger partial charge on any atom is 0.270 e. The van der Waals surface area contributed by atoms with Crippen molar-refractivity contribution in [2.45, 2.75) is 9.79 Å². The molecule has 0 atom stereocenters. The Labute approximate surface area is 141 Å². The Morgan fingerprint density at radius 3 is 2.73 bits per heavy atom. The molecule has 0 unspecified atom stereocenters. The summed E-state index contributed by atoms with van der Waals surface area (Å²) in [6.07, 6.45) is 1.41. The van der Waals surface area contributed by atoms with Gasteiger partial charge in [0.15, 0.2) is 0 Å². The zero-order chi connectivity index (χ0) is 16.1. The third kappa shape index (κ3) is 3.91. The molecule has 2 rings (SSSR count). The summed E-state index contributed by atoms with van der Waals surface area (Å²) in [5.74, 6) is 0. The molecular formula is C14H10Cl2N2O3S. The Morgan fingerprint density at radius 2 is 2.05 bits per heavy atom. The van der Waals surface area contributed by atoms with Gasteiger partial charge >= 0.3 is 0 Å². The minimum Gasteiger partial charge on any atom is -0.399 e. The van der Waals surface area contributed by atoms with Gasteiger partial charge in [-0.2, -0.15) is 0 Å². The highest BCUT2D eigenvalue weighted by Gasteiger charge is 2.13. The largest absolute Gasteiger partial charge is 0.399 e. The van der Waals surface area contributed by atoms with Gasteiger partial charge in [0.05, 0.1) is 21.2 Å². The van der Waals surface area contributed by atoms with E-state index in [9.17, 15) is 10.1 Å². The van der Waals surface area contributed by atoms with Crippen LogP contribution in [0.15, 0.2) is 51.3 Å². The van der Waals surface area contributed by atoms with Gasteiger partial charge in [0.2, 0.25) is 0 Å². The van der Waals surface area contributed by atoms with Crippen LogP contribution in [0.2, 0.25) is 10.0 Å². The number of non-ortho nitro benzene ring substituents is 1. The number of benzene rings is 2. The van der Waals surface area contributed by atoms with Gasteiger partial charge in [0, 0.05) is 27.5 Å². The molecular weight excluding hydrogens is 347 g/mol. The van der Waals surface area contributed by atoms with E-state index in [1.54, 1.807) is 18.2 Å². The number of nitro groups is 1. The van der Waals surface area contributed by atoms with E-state index in [-0.39, 0.29) is 5.69 Å². The Hall–Kier alpha value is -1.76. The molecule has 0 spiro atoms. The van der Waals surface area contributed by atoms with Crippen LogP contribution in [0.3, 0.4) is 0 Å². The van der Waals surface area contributed by atoms with Gasteiger partial charge < -0.3 is 4.84 Å². The molecule has 0 aliphatic carbocycles. The van der Waals surface area contributed by atoms with Crippen molar-refractivity contribution in [3.63, 3.8) is 0 Å². The van der Waals surface area contributed by atoms with Crippen molar-refractivity contribution in [2.24, 2.45) is 5.16 Å². The number of oxime groups is 1. The highest BCUT2D eigenvalue weighted by Crippen LogP contribution is 2.38. The van der Waals surface area contributed by atoms with Gasteiger partial charge in [-0.3, -0.25) is 10.1 Å². The summed E-state index contributed by atoms with van der Waals surface area (Å²) < 4.78 is 0. The number of halogens is 2. The second-order valence-corrected chi connectivity index (χ2v) is 5.92. The number of rotatable bonds is 5. The predicted octanol–water partition coefficient (Wildman–Crippen LogP) is 5.03. The van der Waals surface area contributed by atoms with Crippen molar-refractivity contribution in [1.29, 1.82) is 0 Å². The zero-order valence-electron chi connectivity index (χ0n) is 11.3. The van der Waals surface area contributed by atoms with Crippen LogP contribution in [0.1, 0.15) is 5.56 Å². The molecule has 0 aromatic heterocycles. The fourth-order valence-corrected chi connectivity index (χ4v) is 3.05.